The van der Waals surface area contributed by atoms with Crippen molar-refractivity contribution in [2.24, 2.45) is 5.73 Å². The van der Waals surface area contributed by atoms with Gasteiger partial charge in [-0.1, -0.05) is 12.8 Å². The Morgan fingerprint density at radius 3 is 2.53 bits per heavy atom. The second kappa shape index (κ2) is 4.81. The maximum atomic E-state index is 5.83. The van der Waals surface area contributed by atoms with E-state index in [-0.39, 0.29) is 0 Å². The molecule has 0 aromatic heterocycles. The van der Waals surface area contributed by atoms with E-state index in [9.17, 15) is 0 Å². The zero-order valence-corrected chi connectivity index (χ0v) is 9.80. The summed E-state index contributed by atoms with van der Waals surface area (Å²) in [6, 6.07) is 0. The molecule has 88 valence electrons. The van der Waals surface area contributed by atoms with Gasteiger partial charge in [0.2, 0.25) is 0 Å². The highest BCUT2D eigenvalue weighted by atomic mass is 16.5. The highest BCUT2D eigenvalue weighted by Gasteiger charge is 2.30. The van der Waals surface area contributed by atoms with E-state index >= 15 is 0 Å². The number of hydrogen-bond acceptors (Lipinski definition) is 3. The molecule has 2 unspecified atom stereocenters. The van der Waals surface area contributed by atoms with Crippen LogP contribution in [0.1, 0.15) is 45.4 Å². The average Bonchev–Trinajstić information content (AvgIpc) is 2.84. The van der Waals surface area contributed by atoms with Gasteiger partial charge in [0.15, 0.2) is 0 Å². The molecule has 2 rings (SSSR count). The summed E-state index contributed by atoms with van der Waals surface area (Å²) in [4.78, 5) is 0. The topological polar surface area (TPSA) is 47.3 Å². The fourth-order valence-electron chi connectivity index (χ4n) is 2.80. The molecular formula is C12H24N2O. The largest absolute Gasteiger partial charge is 0.372 e. The lowest BCUT2D eigenvalue weighted by atomic mass is 10.0. The quantitative estimate of drug-likeness (QED) is 0.741. The molecule has 0 aromatic carbocycles. The molecule has 3 nitrogen and oxygen atoms in total. The molecule has 3 N–H and O–H groups in total. The lowest BCUT2D eigenvalue weighted by Crippen LogP contribution is -2.43. The molecule has 2 aliphatic rings. The second-order valence-corrected chi connectivity index (χ2v) is 5.34. The minimum absolute atomic E-state index is 0.313. The van der Waals surface area contributed by atoms with Crippen molar-refractivity contribution in [2.45, 2.75) is 63.2 Å². The first-order valence-corrected chi connectivity index (χ1v) is 6.32. The van der Waals surface area contributed by atoms with Gasteiger partial charge in [-0.05, 0) is 32.6 Å². The highest BCUT2D eigenvalue weighted by Crippen LogP contribution is 2.29. The monoisotopic (exact) mass is 212 g/mol. The van der Waals surface area contributed by atoms with Crippen LogP contribution in [0.2, 0.25) is 0 Å². The summed E-state index contributed by atoms with van der Waals surface area (Å²) in [7, 11) is 0. The van der Waals surface area contributed by atoms with Gasteiger partial charge in [0.05, 0.1) is 12.2 Å². The van der Waals surface area contributed by atoms with Crippen LogP contribution in [-0.2, 0) is 4.74 Å². The van der Waals surface area contributed by atoms with Gasteiger partial charge in [0.25, 0.3) is 0 Å². The predicted molar refractivity (Wildman–Crippen MR) is 61.8 cm³/mol. The third kappa shape index (κ3) is 2.92. The number of ether oxygens (including phenoxy) is 1. The van der Waals surface area contributed by atoms with Crippen molar-refractivity contribution in [2.75, 3.05) is 13.1 Å². The van der Waals surface area contributed by atoms with Gasteiger partial charge in [-0.2, -0.15) is 0 Å². The molecule has 1 aliphatic heterocycles. The zero-order chi connectivity index (χ0) is 10.7. The van der Waals surface area contributed by atoms with Gasteiger partial charge in [-0.25, -0.2) is 0 Å². The van der Waals surface area contributed by atoms with Crippen molar-refractivity contribution >= 4 is 0 Å². The summed E-state index contributed by atoms with van der Waals surface area (Å²) < 4.78 is 5.83. The Morgan fingerprint density at radius 1 is 1.27 bits per heavy atom. The molecule has 1 saturated heterocycles. The molecule has 2 fully saturated rings. The fraction of sp³-hybridized carbons (Fsp3) is 1.00. The van der Waals surface area contributed by atoms with E-state index in [1.165, 1.54) is 32.1 Å². The summed E-state index contributed by atoms with van der Waals surface area (Å²) in [5.74, 6) is 0. The summed E-state index contributed by atoms with van der Waals surface area (Å²) in [6.45, 7) is 4.02. The predicted octanol–water partition coefficient (Wildman–Crippen LogP) is 1.41. The molecule has 0 aromatic rings. The summed E-state index contributed by atoms with van der Waals surface area (Å²) in [6.07, 6.45) is 8.41. The minimum atomic E-state index is 0.313. The lowest BCUT2D eigenvalue weighted by molar-refractivity contribution is 0.0459. The number of nitrogens with two attached hydrogens (primary N) is 1. The molecule has 3 heteroatoms. The van der Waals surface area contributed by atoms with Crippen LogP contribution < -0.4 is 11.1 Å². The van der Waals surface area contributed by atoms with Crippen molar-refractivity contribution in [1.29, 1.82) is 0 Å². The van der Waals surface area contributed by atoms with E-state index in [1.807, 2.05) is 0 Å². The number of rotatable bonds is 4. The van der Waals surface area contributed by atoms with Crippen molar-refractivity contribution < 1.29 is 4.74 Å². The van der Waals surface area contributed by atoms with Crippen LogP contribution in [0.25, 0.3) is 0 Å². The lowest BCUT2D eigenvalue weighted by Gasteiger charge is -2.27. The molecule has 0 radical (unpaired) electrons. The van der Waals surface area contributed by atoms with Gasteiger partial charge in [0, 0.05) is 18.6 Å². The van der Waals surface area contributed by atoms with Crippen LogP contribution in [0.5, 0.6) is 0 Å². The van der Waals surface area contributed by atoms with E-state index in [1.54, 1.807) is 0 Å². The Hall–Kier alpha value is -0.120. The van der Waals surface area contributed by atoms with E-state index in [2.05, 4.69) is 12.2 Å². The molecule has 0 spiro atoms. The van der Waals surface area contributed by atoms with Gasteiger partial charge >= 0.3 is 0 Å². The number of hydrogen-bond donors (Lipinski definition) is 2. The van der Waals surface area contributed by atoms with E-state index < -0.39 is 0 Å². The van der Waals surface area contributed by atoms with Crippen molar-refractivity contribution in [1.82, 2.24) is 5.32 Å². The molecule has 0 bridgehead atoms. The Kier molecular flexibility index (Phi) is 3.65. The standard InChI is InChI=1S/C12H24N2O/c1-12(6-2-3-7-12)14-9-11-5-4-10(8-13)15-11/h10-11,14H,2-9,13H2,1H3. The smallest absolute Gasteiger partial charge is 0.0705 e. The van der Waals surface area contributed by atoms with Crippen LogP contribution in [0.15, 0.2) is 0 Å². The fourth-order valence-corrected chi connectivity index (χ4v) is 2.80. The van der Waals surface area contributed by atoms with Gasteiger partial charge < -0.3 is 15.8 Å². The molecule has 15 heavy (non-hydrogen) atoms. The summed E-state index contributed by atoms with van der Waals surface area (Å²) in [5, 5.41) is 3.68. The first kappa shape index (κ1) is 11.4. The first-order valence-electron chi connectivity index (χ1n) is 6.32. The van der Waals surface area contributed by atoms with E-state index in [0.717, 1.165) is 13.0 Å². The van der Waals surface area contributed by atoms with Crippen LogP contribution in [0, 0.1) is 0 Å². The SMILES string of the molecule is CC1(NCC2CCC(CN)O2)CCCC1. The molecule has 2 atom stereocenters. The molecule has 1 saturated carbocycles. The second-order valence-electron chi connectivity index (χ2n) is 5.34. The highest BCUT2D eigenvalue weighted by molar-refractivity contribution is 4.89. The zero-order valence-electron chi connectivity index (χ0n) is 9.80. The molecule has 1 aliphatic carbocycles. The van der Waals surface area contributed by atoms with E-state index in [0.29, 0.717) is 24.3 Å². The molecule has 1 heterocycles. The van der Waals surface area contributed by atoms with Crippen LogP contribution >= 0.6 is 0 Å². The van der Waals surface area contributed by atoms with Crippen LogP contribution in [0.3, 0.4) is 0 Å². The van der Waals surface area contributed by atoms with Gasteiger partial charge in [-0.3, -0.25) is 0 Å². The number of nitrogens with one attached hydrogen (secondary N) is 1. The van der Waals surface area contributed by atoms with Crippen LogP contribution in [-0.4, -0.2) is 30.8 Å². The van der Waals surface area contributed by atoms with E-state index in [4.69, 9.17) is 10.5 Å². The van der Waals surface area contributed by atoms with Crippen molar-refractivity contribution in [3.63, 3.8) is 0 Å². The van der Waals surface area contributed by atoms with Crippen molar-refractivity contribution in [3.8, 4) is 0 Å². The molecular weight excluding hydrogens is 188 g/mol. The van der Waals surface area contributed by atoms with Crippen molar-refractivity contribution in [3.05, 3.63) is 0 Å². The summed E-state index contributed by atoms with van der Waals surface area (Å²) >= 11 is 0. The third-order valence-electron chi connectivity index (χ3n) is 3.92. The Morgan fingerprint density at radius 2 is 1.93 bits per heavy atom. The van der Waals surface area contributed by atoms with Crippen LogP contribution in [0.4, 0.5) is 0 Å². The maximum absolute atomic E-state index is 5.83. The summed E-state index contributed by atoms with van der Waals surface area (Å²) in [5.41, 5.74) is 5.97. The minimum Gasteiger partial charge on any atom is -0.372 e. The van der Waals surface area contributed by atoms with Gasteiger partial charge in [-0.15, -0.1) is 0 Å². The van der Waals surface area contributed by atoms with Gasteiger partial charge in [0.1, 0.15) is 0 Å². The molecule has 0 amide bonds. The Balaban J connectivity index is 1.70. The normalized spacial score (nSPS) is 34.8. The Bertz CT molecular complexity index is 202. The maximum Gasteiger partial charge on any atom is 0.0705 e. The Labute approximate surface area is 92.7 Å². The average molecular weight is 212 g/mol. The third-order valence-corrected chi connectivity index (χ3v) is 3.92. The first-order chi connectivity index (χ1) is 7.22.